The summed E-state index contributed by atoms with van der Waals surface area (Å²) >= 11 is 0. The molecule has 7 heavy (non-hydrogen) atoms. The Hall–Kier alpha value is -0.240. The van der Waals surface area contributed by atoms with Crippen LogP contribution in [0.3, 0.4) is 0 Å². The molecule has 0 N–H and O–H groups in total. The molecule has 0 spiro atoms. The Kier molecular flexibility index (Phi) is 2.09. The Morgan fingerprint density at radius 1 is 1.57 bits per heavy atom. The summed E-state index contributed by atoms with van der Waals surface area (Å²) in [6.45, 7) is 2.66. The van der Waals surface area contributed by atoms with E-state index in [2.05, 4.69) is 16.2 Å². The summed E-state index contributed by atoms with van der Waals surface area (Å²) in [5, 5.41) is 0. The second-order valence-corrected chi connectivity index (χ2v) is 2.39. The summed E-state index contributed by atoms with van der Waals surface area (Å²) in [5.41, 5.74) is 0. The quantitative estimate of drug-likeness (QED) is 0.380. The van der Waals surface area contributed by atoms with E-state index in [9.17, 15) is 8.39 Å². The predicted molar refractivity (Wildman–Crippen MR) is 27.0 cm³/mol. The van der Waals surface area contributed by atoms with Crippen LogP contribution in [-0.2, 0) is 0 Å². The first kappa shape index (κ1) is 6.76. The van der Waals surface area contributed by atoms with Gasteiger partial charge in [0.2, 0.25) is 0 Å². The van der Waals surface area contributed by atoms with Gasteiger partial charge in [0.25, 0.3) is 0 Å². The molecular weight excluding hydrogens is 121 g/mol. The molecule has 0 saturated heterocycles. The van der Waals surface area contributed by atoms with Gasteiger partial charge in [-0.3, -0.25) is 0 Å². The SMILES string of the molecule is C=NP(F)(F)=NC. The average Bonchev–Trinajstić information content (AvgIpc) is 1.68. The molecule has 0 aliphatic heterocycles. The van der Waals surface area contributed by atoms with Crippen LogP contribution in [0.5, 0.6) is 0 Å². The molecule has 42 valence electrons. The van der Waals surface area contributed by atoms with Crippen molar-refractivity contribution in [3.63, 3.8) is 0 Å². The summed E-state index contributed by atoms with van der Waals surface area (Å²) in [5.74, 6) is 0. The zero-order chi connectivity index (χ0) is 5.91. The summed E-state index contributed by atoms with van der Waals surface area (Å²) in [7, 11) is -3.24. The molecule has 0 amide bonds. The van der Waals surface area contributed by atoms with Gasteiger partial charge in [-0.1, -0.05) is 0 Å². The number of hydrogen-bond donors (Lipinski definition) is 0. The van der Waals surface area contributed by atoms with Crippen molar-refractivity contribution in [2.45, 2.75) is 0 Å². The molecule has 0 aromatic rings. The molecule has 0 radical (unpaired) electrons. The fourth-order valence-electron chi connectivity index (χ4n) is 0.0632. The van der Waals surface area contributed by atoms with Gasteiger partial charge in [-0.2, -0.15) is 0 Å². The number of halogens is 2. The molecular formula is C2H5F2N2P. The molecule has 0 bridgehead atoms. The van der Waals surface area contributed by atoms with Crippen molar-refractivity contribution in [1.82, 2.24) is 0 Å². The predicted octanol–water partition coefficient (Wildman–Crippen LogP) is 2.20. The molecule has 0 fully saturated rings. The largest absolute Gasteiger partial charge is 0.411 e. The van der Waals surface area contributed by atoms with Crippen molar-refractivity contribution in [3.8, 4) is 0 Å². The van der Waals surface area contributed by atoms with E-state index >= 15 is 0 Å². The standard InChI is InChI=1S/C2H5F2N2P/c1-5-7(3,4)6-2/h1H2,2H3. The van der Waals surface area contributed by atoms with Gasteiger partial charge >= 0.3 is 7.83 Å². The molecule has 0 aliphatic rings. The van der Waals surface area contributed by atoms with E-state index < -0.39 is 7.83 Å². The van der Waals surface area contributed by atoms with Crippen LogP contribution in [0.4, 0.5) is 8.39 Å². The molecule has 0 saturated carbocycles. The second kappa shape index (κ2) is 2.17. The first-order chi connectivity index (χ1) is 3.12. The lowest BCUT2D eigenvalue weighted by molar-refractivity contribution is 0.722. The topological polar surface area (TPSA) is 24.7 Å². The Bertz CT molecular complexity index is 115. The third-order valence-electron chi connectivity index (χ3n) is 0.411. The maximum atomic E-state index is 11.6. The molecule has 0 atom stereocenters. The van der Waals surface area contributed by atoms with E-state index in [4.69, 9.17) is 0 Å². The molecule has 0 heterocycles. The van der Waals surface area contributed by atoms with Crippen LogP contribution < -0.4 is 0 Å². The van der Waals surface area contributed by atoms with Crippen molar-refractivity contribution < 1.29 is 8.39 Å². The highest BCUT2D eigenvalue weighted by Crippen LogP contribution is 2.53. The highest BCUT2D eigenvalue weighted by molar-refractivity contribution is 7.54. The summed E-state index contributed by atoms with van der Waals surface area (Å²) in [4.78, 5) is 0. The third kappa shape index (κ3) is 2.45. The van der Waals surface area contributed by atoms with Crippen molar-refractivity contribution >= 4 is 14.5 Å². The van der Waals surface area contributed by atoms with Crippen LogP contribution in [0.25, 0.3) is 0 Å². The van der Waals surface area contributed by atoms with Gasteiger partial charge in [0.05, 0.1) is 0 Å². The minimum atomic E-state index is -4.27. The van der Waals surface area contributed by atoms with Crippen LogP contribution in [0.1, 0.15) is 0 Å². The fraction of sp³-hybridized carbons (Fsp3) is 0.500. The molecule has 2 nitrogen and oxygen atoms in total. The zero-order valence-corrected chi connectivity index (χ0v) is 4.70. The average molecular weight is 126 g/mol. The van der Waals surface area contributed by atoms with Gasteiger partial charge < -0.3 is 0 Å². The van der Waals surface area contributed by atoms with Crippen molar-refractivity contribution in [1.29, 1.82) is 0 Å². The monoisotopic (exact) mass is 126 g/mol. The number of rotatable bonds is 1. The van der Waals surface area contributed by atoms with E-state index in [1.54, 1.807) is 0 Å². The second-order valence-electron chi connectivity index (χ2n) is 0.797. The molecule has 0 unspecified atom stereocenters. The normalized spacial score (nSPS) is 10.7. The van der Waals surface area contributed by atoms with E-state index in [1.165, 1.54) is 0 Å². The van der Waals surface area contributed by atoms with E-state index in [0.717, 1.165) is 7.05 Å². The van der Waals surface area contributed by atoms with Gasteiger partial charge in [0, 0.05) is 7.05 Å². The highest BCUT2D eigenvalue weighted by Gasteiger charge is 2.08. The molecule has 5 heteroatoms. The zero-order valence-electron chi connectivity index (χ0n) is 3.80. The highest BCUT2D eigenvalue weighted by atomic mass is 31.2. The Morgan fingerprint density at radius 3 is 2.00 bits per heavy atom. The van der Waals surface area contributed by atoms with Gasteiger partial charge in [0.15, 0.2) is 0 Å². The maximum absolute atomic E-state index is 11.6. The Morgan fingerprint density at radius 2 is 2.00 bits per heavy atom. The smallest absolute Gasteiger partial charge is 0.230 e. The Labute approximate surface area is 40.6 Å². The van der Waals surface area contributed by atoms with Gasteiger partial charge in [-0.25, -0.2) is 9.51 Å². The summed E-state index contributed by atoms with van der Waals surface area (Å²) < 4.78 is 28.4. The van der Waals surface area contributed by atoms with E-state index in [-0.39, 0.29) is 0 Å². The molecule has 0 aromatic heterocycles. The number of hydrogen-bond acceptors (Lipinski definition) is 1. The van der Waals surface area contributed by atoms with Crippen molar-refractivity contribution in [2.75, 3.05) is 7.05 Å². The van der Waals surface area contributed by atoms with Crippen LogP contribution in [0, 0.1) is 0 Å². The lowest BCUT2D eigenvalue weighted by atomic mass is 11.6. The van der Waals surface area contributed by atoms with Crippen molar-refractivity contribution in [3.05, 3.63) is 0 Å². The molecule has 0 rings (SSSR count). The maximum Gasteiger partial charge on any atom is 0.411 e. The minimum absolute atomic E-state index is 1.03. The van der Waals surface area contributed by atoms with Gasteiger partial charge in [0.1, 0.15) is 0 Å². The lowest BCUT2D eigenvalue weighted by Crippen LogP contribution is -1.50. The molecule has 0 aliphatic carbocycles. The van der Waals surface area contributed by atoms with Crippen molar-refractivity contribution in [2.24, 2.45) is 9.51 Å². The van der Waals surface area contributed by atoms with Crippen LogP contribution in [0.15, 0.2) is 9.51 Å². The first-order valence-electron chi connectivity index (χ1n) is 1.50. The van der Waals surface area contributed by atoms with Gasteiger partial charge in [-0.15, -0.1) is 8.39 Å². The Balaban J connectivity index is 4.13. The fourth-order valence-corrected chi connectivity index (χ4v) is 0.190. The third-order valence-corrected chi connectivity index (χ3v) is 1.23. The van der Waals surface area contributed by atoms with Crippen LogP contribution in [-0.4, -0.2) is 13.8 Å². The number of nitrogens with zero attached hydrogens (tertiary/aromatic N) is 2. The summed E-state index contributed by atoms with van der Waals surface area (Å²) in [6.07, 6.45) is 0. The molecule has 0 aromatic carbocycles. The van der Waals surface area contributed by atoms with Crippen LogP contribution >= 0.6 is 7.83 Å². The summed E-state index contributed by atoms with van der Waals surface area (Å²) in [6, 6.07) is 0. The van der Waals surface area contributed by atoms with Crippen LogP contribution in [0.2, 0.25) is 0 Å². The van der Waals surface area contributed by atoms with E-state index in [1.807, 2.05) is 0 Å². The lowest BCUT2D eigenvalue weighted by Gasteiger charge is -1.89. The minimum Gasteiger partial charge on any atom is -0.230 e. The first-order valence-corrected chi connectivity index (χ1v) is 2.98. The van der Waals surface area contributed by atoms with E-state index in [0.29, 0.717) is 0 Å². The van der Waals surface area contributed by atoms with Gasteiger partial charge in [-0.05, 0) is 6.72 Å².